The first-order valence-electron chi connectivity index (χ1n) is 3.42. The van der Waals surface area contributed by atoms with Gasteiger partial charge in [-0.05, 0) is 6.07 Å². The molecule has 5 nitrogen and oxygen atoms in total. The van der Waals surface area contributed by atoms with E-state index in [0.29, 0.717) is 16.9 Å². The van der Waals surface area contributed by atoms with Crippen molar-refractivity contribution < 1.29 is 4.74 Å². The minimum atomic E-state index is -0.253. The van der Waals surface area contributed by atoms with Crippen molar-refractivity contribution in [1.82, 2.24) is 15.0 Å². The van der Waals surface area contributed by atoms with Gasteiger partial charge in [-0.25, -0.2) is 9.78 Å². The zero-order valence-corrected chi connectivity index (χ0v) is 6.42. The van der Waals surface area contributed by atoms with Crippen LogP contribution < -0.4 is 10.4 Å². The van der Waals surface area contributed by atoms with Crippen LogP contribution in [0.5, 0.6) is 5.88 Å². The van der Waals surface area contributed by atoms with Crippen molar-refractivity contribution in [3.05, 3.63) is 22.7 Å². The second kappa shape index (κ2) is 2.37. The van der Waals surface area contributed by atoms with Gasteiger partial charge < -0.3 is 14.7 Å². The van der Waals surface area contributed by atoms with Crippen LogP contribution in [0.25, 0.3) is 11.0 Å². The van der Waals surface area contributed by atoms with E-state index in [1.165, 1.54) is 7.11 Å². The number of nitrogens with one attached hydrogen (secondary N) is 2. The number of pyridine rings is 1. The Morgan fingerprint density at radius 3 is 3.08 bits per heavy atom. The van der Waals surface area contributed by atoms with Crippen molar-refractivity contribution in [3.8, 4) is 5.88 Å². The van der Waals surface area contributed by atoms with Gasteiger partial charge in [-0.1, -0.05) is 0 Å². The summed E-state index contributed by atoms with van der Waals surface area (Å²) in [6, 6.07) is 1.70. The van der Waals surface area contributed by atoms with E-state index < -0.39 is 0 Å². The molecule has 5 heteroatoms. The topological polar surface area (TPSA) is 70.8 Å². The molecule has 0 aliphatic carbocycles. The van der Waals surface area contributed by atoms with Crippen LogP contribution in [0.15, 0.2) is 17.1 Å². The summed E-state index contributed by atoms with van der Waals surface area (Å²) in [4.78, 5) is 20.0. The first kappa shape index (κ1) is 6.90. The summed E-state index contributed by atoms with van der Waals surface area (Å²) in [5.74, 6) is 0.422. The predicted molar refractivity (Wildman–Crippen MR) is 43.3 cm³/mol. The van der Waals surface area contributed by atoms with Crippen molar-refractivity contribution >= 4 is 11.0 Å². The quantitative estimate of drug-likeness (QED) is 0.636. The molecule has 2 N–H and O–H groups in total. The van der Waals surface area contributed by atoms with Gasteiger partial charge in [-0.2, -0.15) is 0 Å². The third-order valence-electron chi connectivity index (χ3n) is 1.60. The molecule has 0 amide bonds. The highest BCUT2D eigenvalue weighted by molar-refractivity contribution is 5.78. The number of aromatic nitrogens is 3. The number of H-pyrrole nitrogens is 2. The lowest BCUT2D eigenvalue weighted by molar-refractivity contribution is 0.402. The molecule has 2 rings (SSSR count). The maximum absolute atomic E-state index is 10.9. The number of rotatable bonds is 1. The van der Waals surface area contributed by atoms with E-state index in [1.54, 1.807) is 12.3 Å². The van der Waals surface area contributed by atoms with Gasteiger partial charge in [0.25, 0.3) is 0 Å². The molecule has 2 heterocycles. The predicted octanol–water partition coefficient (Wildman–Crippen LogP) is 0.260. The number of fused-ring (bicyclic) bond motifs is 1. The number of hydrogen-bond donors (Lipinski definition) is 2. The molecule has 0 aliphatic rings. The minimum absolute atomic E-state index is 0.253. The smallest absolute Gasteiger partial charge is 0.323 e. The Morgan fingerprint density at radius 2 is 2.33 bits per heavy atom. The van der Waals surface area contributed by atoms with E-state index in [4.69, 9.17) is 4.74 Å². The summed E-state index contributed by atoms with van der Waals surface area (Å²) < 4.78 is 4.94. The largest absolute Gasteiger partial charge is 0.479 e. The third-order valence-corrected chi connectivity index (χ3v) is 1.60. The lowest BCUT2D eigenvalue weighted by atomic mass is 10.4. The summed E-state index contributed by atoms with van der Waals surface area (Å²) in [7, 11) is 1.51. The molecular weight excluding hydrogens is 158 g/mol. The highest BCUT2D eigenvalue weighted by Crippen LogP contribution is 2.16. The molecule has 2 aromatic heterocycles. The Labute approximate surface area is 67.4 Å². The average Bonchev–Trinajstić information content (AvgIpc) is 2.44. The second-order valence-electron chi connectivity index (χ2n) is 2.32. The van der Waals surface area contributed by atoms with E-state index in [0.717, 1.165) is 0 Å². The Kier molecular flexibility index (Phi) is 1.36. The summed E-state index contributed by atoms with van der Waals surface area (Å²) in [5.41, 5.74) is 1.05. The maximum atomic E-state index is 10.9. The van der Waals surface area contributed by atoms with Crippen molar-refractivity contribution in [2.45, 2.75) is 0 Å². The molecule has 0 radical (unpaired) electrons. The Hall–Kier alpha value is -1.78. The van der Waals surface area contributed by atoms with E-state index >= 15 is 0 Å². The normalized spacial score (nSPS) is 10.4. The molecule has 0 aromatic carbocycles. The Morgan fingerprint density at radius 1 is 1.50 bits per heavy atom. The molecule has 0 saturated heterocycles. The van der Waals surface area contributed by atoms with Gasteiger partial charge in [0, 0.05) is 6.20 Å². The molecule has 0 spiro atoms. The molecule has 0 unspecified atom stereocenters. The third kappa shape index (κ3) is 0.868. The Bertz CT molecular complexity index is 457. The number of ether oxygens (including phenoxy) is 1. The zero-order valence-electron chi connectivity index (χ0n) is 6.42. The van der Waals surface area contributed by atoms with Crippen LogP contribution >= 0.6 is 0 Å². The van der Waals surface area contributed by atoms with Gasteiger partial charge in [0.2, 0.25) is 5.88 Å². The van der Waals surface area contributed by atoms with Gasteiger partial charge in [-0.15, -0.1) is 0 Å². The SMILES string of the molecule is COc1nccc2[nH]c(=O)[nH]c12. The summed E-state index contributed by atoms with van der Waals surface area (Å²) in [5, 5.41) is 0. The minimum Gasteiger partial charge on any atom is -0.479 e. The highest BCUT2D eigenvalue weighted by atomic mass is 16.5. The first-order chi connectivity index (χ1) is 5.81. The van der Waals surface area contributed by atoms with Crippen LogP contribution in [0.3, 0.4) is 0 Å². The average molecular weight is 165 g/mol. The molecule has 12 heavy (non-hydrogen) atoms. The summed E-state index contributed by atoms with van der Waals surface area (Å²) in [6.07, 6.45) is 1.57. The molecule has 0 atom stereocenters. The van der Waals surface area contributed by atoms with Crippen LogP contribution in [-0.2, 0) is 0 Å². The standard InChI is InChI=1S/C7H7N3O2/c1-12-6-5-4(2-3-8-6)9-7(11)10-5/h2-3H,1H3,(H2,9,10,11). The van der Waals surface area contributed by atoms with Crippen LogP contribution in [0.1, 0.15) is 0 Å². The molecule has 0 saturated carbocycles. The van der Waals surface area contributed by atoms with Gasteiger partial charge in [-0.3, -0.25) is 0 Å². The number of aromatic amines is 2. The van der Waals surface area contributed by atoms with Gasteiger partial charge in [0.1, 0.15) is 5.52 Å². The number of imidazole rings is 1. The molecule has 2 aromatic rings. The van der Waals surface area contributed by atoms with Crippen molar-refractivity contribution in [1.29, 1.82) is 0 Å². The molecular formula is C7H7N3O2. The van der Waals surface area contributed by atoms with Gasteiger partial charge >= 0.3 is 5.69 Å². The lowest BCUT2D eigenvalue weighted by Gasteiger charge is -1.96. The van der Waals surface area contributed by atoms with Gasteiger partial charge in [0.15, 0.2) is 0 Å². The highest BCUT2D eigenvalue weighted by Gasteiger charge is 2.03. The van der Waals surface area contributed by atoms with Crippen molar-refractivity contribution in [2.24, 2.45) is 0 Å². The monoisotopic (exact) mass is 165 g/mol. The maximum Gasteiger partial charge on any atom is 0.323 e. The molecule has 0 aliphatic heterocycles. The van der Waals surface area contributed by atoms with Crippen LogP contribution in [0.4, 0.5) is 0 Å². The zero-order chi connectivity index (χ0) is 8.55. The number of methoxy groups -OCH3 is 1. The van der Waals surface area contributed by atoms with E-state index in [-0.39, 0.29) is 5.69 Å². The molecule has 0 fully saturated rings. The molecule has 0 bridgehead atoms. The van der Waals surface area contributed by atoms with Crippen LogP contribution in [-0.4, -0.2) is 22.1 Å². The fraction of sp³-hybridized carbons (Fsp3) is 0.143. The van der Waals surface area contributed by atoms with E-state index in [9.17, 15) is 4.79 Å². The van der Waals surface area contributed by atoms with E-state index in [2.05, 4.69) is 15.0 Å². The Balaban J connectivity index is 2.87. The number of hydrogen-bond acceptors (Lipinski definition) is 3. The fourth-order valence-corrected chi connectivity index (χ4v) is 1.09. The summed E-state index contributed by atoms with van der Waals surface area (Å²) >= 11 is 0. The van der Waals surface area contributed by atoms with Crippen LogP contribution in [0, 0.1) is 0 Å². The lowest BCUT2D eigenvalue weighted by Crippen LogP contribution is -1.99. The number of nitrogens with zero attached hydrogens (tertiary/aromatic N) is 1. The summed E-state index contributed by atoms with van der Waals surface area (Å²) in [6.45, 7) is 0. The second-order valence-corrected chi connectivity index (χ2v) is 2.32. The molecule has 62 valence electrons. The van der Waals surface area contributed by atoms with Crippen molar-refractivity contribution in [3.63, 3.8) is 0 Å². The first-order valence-corrected chi connectivity index (χ1v) is 3.42. The fourth-order valence-electron chi connectivity index (χ4n) is 1.09. The van der Waals surface area contributed by atoms with Gasteiger partial charge in [0.05, 0.1) is 12.6 Å². The van der Waals surface area contributed by atoms with Crippen molar-refractivity contribution in [2.75, 3.05) is 7.11 Å². The van der Waals surface area contributed by atoms with Crippen LogP contribution in [0.2, 0.25) is 0 Å². The van der Waals surface area contributed by atoms with E-state index in [1.807, 2.05) is 0 Å².